The van der Waals surface area contributed by atoms with Gasteiger partial charge in [0, 0.05) is 20.3 Å². The Kier molecular flexibility index (Phi) is 5.73. The summed E-state index contributed by atoms with van der Waals surface area (Å²) in [6.45, 7) is 2.77. The molecule has 2 N–H and O–H groups in total. The minimum Gasteiger partial charge on any atom is -0.477 e. The molecule has 0 aliphatic carbocycles. The number of aromatic carboxylic acids is 1. The smallest absolute Gasteiger partial charge is 0.347 e. The van der Waals surface area contributed by atoms with Crippen molar-refractivity contribution in [1.29, 1.82) is 0 Å². The molecule has 18 heavy (non-hydrogen) atoms. The molecule has 0 bridgehead atoms. The quantitative estimate of drug-likeness (QED) is 0.718. The molecule has 0 saturated heterocycles. The van der Waals surface area contributed by atoms with Gasteiger partial charge in [0.05, 0.1) is 12.1 Å². The second-order valence-electron chi connectivity index (χ2n) is 3.70. The molecule has 0 unspecified atom stereocenters. The summed E-state index contributed by atoms with van der Waals surface area (Å²) >= 11 is 1.04. The molecule has 7 heteroatoms. The summed E-state index contributed by atoms with van der Waals surface area (Å²) in [6, 6.07) is 0. The van der Waals surface area contributed by atoms with Crippen molar-refractivity contribution in [3.8, 4) is 0 Å². The highest BCUT2D eigenvalue weighted by molar-refractivity contribution is 7.13. The summed E-state index contributed by atoms with van der Waals surface area (Å²) in [5.41, 5.74) is 0.453. The number of carboxylic acid groups (broad SMARTS) is 1. The standard InChI is InChI=1S/C11H16N2O4S/c1-7-10(11(15)16)18-9(13-7)6-8(14)12-4-3-5-17-2/h3-6H2,1-2H3,(H,12,14)(H,15,16). The molecule has 1 aromatic rings. The Hall–Kier alpha value is -1.47. The van der Waals surface area contributed by atoms with Crippen molar-refractivity contribution < 1.29 is 19.4 Å². The zero-order valence-electron chi connectivity index (χ0n) is 10.4. The molecule has 0 fully saturated rings. The summed E-state index contributed by atoms with van der Waals surface area (Å²) < 4.78 is 4.86. The third-order valence-electron chi connectivity index (χ3n) is 2.19. The topological polar surface area (TPSA) is 88.5 Å². The van der Waals surface area contributed by atoms with Crippen molar-refractivity contribution in [3.05, 3.63) is 15.6 Å². The fourth-order valence-corrected chi connectivity index (χ4v) is 2.27. The van der Waals surface area contributed by atoms with E-state index in [4.69, 9.17) is 9.84 Å². The Balaban J connectivity index is 2.44. The molecule has 0 radical (unpaired) electrons. The normalized spacial score (nSPS) is 10.3. The predicted octanol–water partition coefficient (Wildman–Crippen LogP) is 0.845. The number of nitrogens with zero attached hydrogens (tertiary/aromatic N) is 1. The van der Waals surface area contributed by atoms with E-state index < -0.39 is 5.97 Å². The molecule has 0 atom stereocenters. The maximum atomic E-state index is 11.5. The number of aryl methyl sites for hydroxylation is 1. The van der Waals surface area contributed by atoms with E-state index in [1.54, 1.807) is 14.0 Å². The van der Waals surface area contributed by atoms with Crippen molar-refractivity contribution in [2.75, 3.05) is 20.3 Å². The fourth-order valence-electron chi connectivity index (χ4n) is 1.37. The van der Waals surface area contributed by atoms with Crippen LogP contribution in [0.4, 0.5) is 0 Å². The van der Waals surface area contributed by atoms with Gasteiger partial charge in [-0.25, -0.2) is 9.78 Å². The molecule has 6 nitrogen and oxygen atoms in total. The number of rotatable bonds is 7. The van der Waals surface area contributed by atoms with Crippen LogP contribution >= 0.6 is 11.3 Å². The lowest BCUT2D eigenvalue weighted by molar-refractivity contribution is -0.120. The molecule has 0 aromatic carbocycles. The first-order chi connectivity index (χ1) is 8.54. The zero-order valence-corrected chi connectivity index (χ0v) is 11.2. The molecule has 1 heterocycles. The van der Waals surface area contributed by atoms with E-state index in [9.17, 15) is 9.59 Å². The van der Waals surface area contributed by atoms with Crippen LogP contribution in [0.1, 0.15) is 26.8 Å². The lowest BCUT2D eigenvalue weighted by Crippen LogP contribution is -2.26. The molecule has 0 saturated carbocycles. The average Bonchev–Trinajstić information content (AvgIpc) is 2.66. The summed E-state index contributed by atoms with van der Waals surface area (Å²) in [7, 11) is 1.60. The van der Waals surface area contributed by atoms with Crippen molar-refractivity contribution in [2.24, 2.45) is 0 Å². The van der Waals surface area contributed by atoms with E-state index in [2.05, 4.69) is 10.3 Å². The number of methoxy groups -OCH3 is 1. The third kappa shape index (κ3) is 4.42. The third-order valence-corrected chi connectivity index (χ3v) is 3.34. The van der Waals surface area contributed by atoms with Crippen LogP contribution in [0.15, 0.2) is 0 Å². The van der Waals surface area contributed by atoms with E-state index in [1.165, 1.54) is 0 Å². The largest absolute Gasteiger partial charge is 0.477 e. The van der Waals surface area contributed by atoms with Crippen LogP contribution in [0.5, 0.6) is 0 Å². The van der Waals surface area contributed by atoms with Crippen LogP contribution in [0.3, 0.4) is 0 Å². The second-order valence-corrected chi connectivity index (χ2v) is 4.78. The lowest BCUT2D eigenvalue weighted by atomic mass is 10.3. The van der Waals surface area contributed by atoms with Gasteiger partial charge in [-0.15, -0.1) is 11.3 Å². The first-order valence-electron chi connectivity index (χ1n) is 5.49. The molecular formula is C11H16N2O4S. The summed E-state index contributed by atoms with van der Waals surface area (Å²) in [6.07, 6.45) is 0.866. The number of amides is 1. The van der Waals surface area contributed by atoms with Crippen molar-refractivity contribution >= 4 is 23.2 Å². The minimum atomic E-state index is -1.00. The Labute approximate surface area is 109 Å². The Morgan fingerprint density at radius 3 is 2.78 bits per heavy atom. The Morgan fingerprint density at radius 1 is 1.50 bits per heavy atom. The van der Waals surface area contributed by atoms with Gasteiger partial charge in [-0.05, 0) is 13.3 Å². The molecule has 1 aromatic heterocycles. The van der Waals surface area contributed by atoms with Crippen LogP contribution in [0.25, 0.3) is 0 Å². The molecule has 0 aliphatic rings. The van der Waals surface area contributed by atoms with Gasteiger partial charge in [-0.2, -0.15) is 0 Å². The van der Waals surface area contributed by atoms with E-state index in [0.29, 0.717) is 23.9 Å². The molecular weight excluding hydrogens is 256 g/mol. The average molecular weight is 272 g/mol. The first kappa shape index (κ1) is 14.6. The molecule has 1 amide bonds. The highest BCUT2D eigenvalue weighted by Crippen LogP contribution is 2.18. The fraction of sp³-hybridized carbons (Fsp3) is 0.545. The highest BCUT2D eigenvalue weighted by Gasteiger charge is 2.15. The van der Waals surface area contributed by atoms with Gasteiger partial charge in [0.15, 0.2) is 0 Å². The molecule has 1 rings (SSSR count). The number of hydrogen-bond donors (Lipinski definition) is 2. The monoisotopic (exact) mass is 272 g/mol. The second kappa shape index (κ2) is 7.07. The van der Waals surface area contributed by atoms with Gasteiger partial charge in [0.2, 0.25) is 5.91 Å². The SMILES string of the molecule is COCCCNC(=O)Cc1nc(C)c(C(=O)O)s1. The van der Waals surface area contributed by atoms with E-state index >= 15 is 0 Å². The molecule has 0 spiro atoms. The van der Waals surface area contributed by atoms with Gasteiger partial charge in [-0.3, -0.25) is 4.79 Å². The lowest BCUT2D eigenvalue weighted by Gasteiger charge is -2.02. The minimum absolute atomic E-state index is 0.117. The van der Waals surface area contributed by atoms with Crippen molar-refractivity contribution in [2.45, 2.75) is 19.8 Å². The number of nitrogens with one attached hydrogen (secondary N) is 1. The van der Waals surface area contributed by atoms with Gasteiger partial charge >= 0.3 is 5.97 Å². The predicted molar refractivity (Wildman–Crippen MR) is 67.0 cm³/mol. The van der Waals surface area contributed by atoms with Crippen molar-refractivity contribution in [1.82, 2.24) is 10.3 Å². The zero-order chi connectivity index (χ0) is 13.5. The number of carboxylic acids is 1. The van der Waals surface area contributed by atoms with Gasteiger partial charge in [-0.1, -0.05) is 0 Å². The number of carbonyl (C=O) groups excluding carboxylic acids is 1. The first-order valence-corrected chi connectivity index (χ1v) is 6.31. The van der Waals surface area contributed by atoms with Crippen LogP contribution in [0.2, 0.25) is 0 Å². The number of ether oxygens (including phenoxy) is 1. The maximum absolute atomic E-state index is 11.5. The van der Waals surface area contributed by atoms with Crippen LogP contribution < -0.4 is 5.32 Å². The Bertz CT molecular complexity index is 431. The van der Waals surface area contributed by atoms with Crippen LogP contribution in [-0.2, 0) is 16.0 Å². The number of hydrogen-bond acceptors (Lipinski definition) is 5. The van der Waals surface area contributed by atoms with Gasteiger partial charge in [0.1, 0.15) is 9.88 Å². The van der Waals surface area contributed by atoms with Gasteiger partial charge in [0.25, 0.3) is 0 Å². The number of carbonyl (C=O) groups is 2. The Morgan fingerprint density at radius 2 is 2.22 bits per heavy atom. The summed E-state index contributed by atoms with van der Waals surface area (Å²) in [5, 5.41) is 12.1. The van der Waals surface area contributed by atoms with E-state index in [-0.39, 0.29) is 17.2 Å². The highest BCUT2D eigenvalue weighted by atomic mass is 32.1. The van der Waals surface area contributed by atoms with Crippen LogP contribution in [-0.4, -0.2) is 42.2 Å². The van der Waals surface area contributed by atoms with Gasteiger partial charge < -0.3 is 15.2 Å². The molecule has 0 aliphatic heterocycles. The number of thiazole rings is 1. The summed E-state index contributed by atoms with van der Waals surface area (Å²) in [4.78, 5) is 26.6. The van der Waals surface area contributed by atoms with E-state index in [0.717, 1.165) is 17.8 Å². The number of aromatic nitrogens is 1. The van der Waals surface area contributed by atoms with E-state index in [1.807, 2.05) is 0 Å². The van der Waals surface area contributed by atoms with Crippen molar-refractivity contribution in [3.63, 3.8) is 0 Å². The summed E-state index contributed by atoms with van der Waals surface area (Å²) in [5.74, 6) is -1.16. The van der Waals surface area contributed by atoms with Crippen LogP contribution in [0, 0.1) is 6.92 Å². The molecule has 100 valence electrons. The maximum Gasteiger partial charge on any atom is 0.347 e.